The van der Waals surface area contributed by atoms with E-state index in [0.29, 0.717) is 29.1 Å². The van der Waals surface area contributed by atoms with Gasteiger partial charge < -0.3 is 15.7 Å². The van der Waals surface area contributed by atoms with Crippen molar-refractivity contribution in [2.24, 2.45) is 5.73 Å². The summed E-state index contributed by atoms with van der Waals surface area (Å²) in [4.78, 5) is 30.9. The predicted octanol–water partition coefficient (Wildman–Crippen LogP) is 4.29. The van der Waals surface area contributed by atoms with Crippen LogP contribution in [-0.4, -0.2) is 39.1 Å². The standard InChI is InChI=1S/C27H34N4O3/c1-15(25(29)34)10-18-9-8-16-13-31(24(28)22(16)30-18)14-21(32)17-11-19(26(2,3)4)23(33)20(12-17)27(5,6)7/h8-12,28,33H,13-14H2,1-7H3,(H2,29,34). The number of carbonyl (C=O) groups excluding carboxylic acids is 2. The van der Waals surface area contributed by atoms with Crippen LogP contribution in [0.1, 0.15) is 86.9 Å². The normalized spacial score (nSPS) is 14.4. The molecule has 0 fully saturated rings. The lowest BCUT2D eigenvalue weighted by atomic mass is 9.78. The summed E-state index contributed by atoms with van der Waals surface area (Å²) in [6, 6.07) is 7.17. The minimum Gasteiger partial charge on any atom is -0.507 e. The molecular formula is C27H34N4O3. The number of Topliss-reactive ketones (excluding diaryl/α,β-unsaturated/α-hetero) is 1. The van der Waals surface area contributed by atoms with Gasteiger partial charge in [0.05, 0.1) is 12.2 Å². The quantitative estimate of drug-likeness (QED) is 0.452. The number of pyridine rings is 1. The number of benzene rings is 1. The molecule has 0 unspecified atom stereocenters. The van der Waals surface area contributed by atoms with Crippen LogP contribution in [0.15, 0.2) is 29.8 Å². The summed E-state index contributed by atoms with van der Waals surface area (Å²) in [6.45, 7) is 14.1. The lowest BCUT2D eigenvalue weighted by molar-refractivity contribution is -0.114. The van der Waals surface area contributed by atoms with E-state index in [9.17, 15) is 14.7 Å². The second-order valence-electron chi connectivity index (χ2n) is 11.0. The van der Waals surface area contributed by atoms with Crippen LogP contribution >= 0.6 is 0 Å². The van der Waals surface area contributed by atoms with E-state index in [1.165, 1.54) is 0 Å². The van der Waals surface area contributed by atoms with Crippen LogP contribution < -0.4 is 5.73 Å². The molecule has 3 rings (SSSR count). The summed E-state index contributed by atoms with van der Waals surface area (Å²) in [5, 5.41) is 19.5. The van der Waals surface area contributed by atoms with Gasteiger partial charge in [0.1, 0.15) is 17.3 Å². The lowest BCUT2D eigenvalue weighted by Gasteiger charge is -2.28. The first-order valence-electron chi connectivity index (χ1n) is 11.3. The molecule has 0 radical (unpaired) electrons. The molecule has 1 aliphatic rings. The third-order valence-electron chi connectivity index (χ3n) is 6.04. The predicted molar refractivity (Wildman–Crippen MR) is 134 cm³/mol. The van der Waals surface area contributed by atoms with E-state index in [1.807, 2.05) is 47.6 Å². The molecule has 34 heavy (non-hydrogen) atoms. The Morgan fingerprint density at radius 3 is 2.18 bits per heavy atom. The SMILES string of the molecule is CC(=Cc1ccc2c(n1)C(=N)N(CC(=O)c1cc(C(C)(C)C)c(O)c(C(C)(C)C)c1)C2)C(N)=O. The number of aromatic nitrogens is 1. The minimum atomic E-state index is -0.525. The number of hydrogen-bond acceptors (Lipinski definition) is 5. The summed E-state index contributed by atoms with van der Waals surface area (Å²) in [5.41, 5.74) is 8.86. The smallest absolute Gasteiger partial charge is 0.244 e. The number of phenols is 1. The second-order valence-corrected chi connectivity index (χ2v) is 11.0. The highest BCUT2D eigenvalue weighted by Crippen LogP contribution is 2.40. The van der Waals surface area contributed by atoms with Crippen molar-refractivity contribution in [3.63, 3.8) is 0 Å². The van der Waals surface area contributed by atoms with Crippen LogP contribution in [0, 0.1) is 5.41 Å². The van der Waals surface area contributed by atoms with Crippen molar-refractivity contribution in [1.82, 2.24) is 9.88 Å². The highest BCUT2D eigenvalue weighted by atomic mass is 16.3. The zero-order valence-corrected chi connectivity index (χ0v) is 21.0. The fourth-order valence-electron chi connectivity index (χ4n) is 3.98. The summed E-state index contributed by atoms with van der Waals surface area (Å²) < 4.78 is 0. The summed E-state index contributed by atoms with van der Waals surface area (Å²) in [6.07, 6.45) is 1.59. The number of nitrogens with one attached hydrogen (secondary N) is 1. The molecule has 4 N–H and O–H groups in total. The van der Waals surface area contributed by atoms with Gasteiger partial charge in [-0.2, -0.15) is 0 Å². The molecule has 1 amide bonds. The van der Waals surface area contributed by atoms with Crippen LogP contribution in [0.25, 0.3) is 6.08 Å². The number of amides is 1. The number of amidine groups is 1. The van der Waals surface area contributed by atoms with Gasteiger partial charge in [-0.3, -0.25) is 15.0 Å². The molecule has 7 nitrogen and oxygen atoms in total. The number of primary amides is 1. The van der Waals surface area contributed by atoms with Crippen LogP contribution in [0.4, 0.5) is 0 Å². The van der Waals surface area contributed by atoms with E-state index in [0.717, 1.165) is 16.7 Å². The van der Waals surface area contributed by atoms with Crippen LogP contribution in [0.5, 0.6) is 5.75 Å². The Labute approximate surface area is 201 Å². The lowest BCUT2D eigenvalue weighted by Crippen LogP contribution is -2.31. The van der Waals surface area contributed by atoms with Crippen molar-refractivity contribution >= 4 is 23.6 Å². The molecule has 0 saturated heterocycles. The fourth-order valence-corrected chi connectivity index (χ4v) is 3.98. The molecule has 1 aromatic heterocycles. The van der Waals surface area contributed by atoms with Gasteiger partial charge in [-0.05, 0) is 42.0 Å². The number of nitrogens with zero attached hydrogens (tertiary/aromatic N) is 2. The Bertz CT molecular complexity index is 1180. The number of hydrogen-bond donors (Lipinski definition) is 3. The Hall–Kier alpha value is -3.48. The number of nitrogens with two attached hydrogens (primary N) is 1. The summed E-state index contributed by atoms with van der Waals surface area (Å²) in [7, 11) is 0. The van der Waals surface area contributed by atoms with E-state index >= 15 is 0 Å². The van der Waals surface area contributed by atoms with E-state index in [4.69, 9.17) is 11.1 Å². The highest BCUT2D eigenvalue weighted by Gasteiger charge is 2.31. The van der Waals surface area contributed by atoms with Gasteiger partial charge in [0, 0.05) is 34.4 Å². The zero-order valence-electron chi connectivity index (χ0n) is 21.0. The van der Waals surface area contributed by atoms with Crippen molar-refractivity contribution < 1.29 is 14.7 Å². The number of rotatable bonds is 5. The Morgan fingerprint density at radius 2 is 1.68 bits per heavy atom. The Balaban J connectivity index is 1.91. The Morgan fingerprint density at radius 1 is 1.12 bits per heavy atom. The van der Waals surface area contributed by atoms with Crippen molar-refractivity contribution in [2.45, 2.75) is 65.8 Å². The molecule has 1 aromatic carbocycles. The fraction of sp³-hybridized carbons (Fsp3) is 0.407. The topological polar surface area (TPSA) is 120 Å². The van der Waals surface area contributed by atoms with Crippen molar-refractivity contribution in [3.05, 3.63) is 63.5 Å². The molecule has 0 atom stereocenters. The minimum absolute atomic E-state index is 0.0264. The van der Waals surface area contributed by atoms with Crippen molar-refractivity contribution in [1.29, 1.82) is 5.41 Å². The van der Waals surface area contributed by atoms with E-state index in [2.05, 4.69) is 4.98 Å². The third-order valence-corrected chi connectivity index (χ3v) is 6.04. The van der Waals surface area contributed by atoms with E-state index in [1.54, 1.807) is 36.1 Å². The molecule has 1 aliphatic heterocycles. The summed E-state index contributed by atoms with van der Waals surface area (Å²) >= 11 is 0. The van der Waals surface area contributed by atoms with Crippen LogP contribution in [0.3, 0.4) is 0 Å². The second kappa shape index (κ2) is 8.70. The first-order valence-corrected chi connectivity index (χ1v) is 11.3. The van der Waals surface area contributed by atoms with Gasteiger partial charge in [0.25, 0.3) is 0 Å². The third kappa shape index (κ3) is 5.03. The van der Waals surface area contributed by atoms with Crippen LogP contribution in [0.2, 0.25) is 0 Å². The number of fused-ring (bicyclic) bond motifs is 1. The average Bonchev–Trinajstić information content (AvgIpc) is 3.01. The molecule has 0 saturated carbocycles. The van der Waals surface area contributed by atoms with E-state index < -0.39 is 5.91 Å². The maximum Gasteiger partial charge on any atom is 0.244 e. The van der Waals surface area contributed by atoms with Gasteiger partial charge in [0.2, 0.25) is 5.91 Å². The molecule has 2 heterocycles. The number of phenolic OH excluding ortho intramolecular Hbond substituents is 1. The van der Waals surface area contributed by atoms with Gasteiger partial charge in [-0.15, -0.1) is 0 Å². The zero-order chi connectivity index (χ0) is 25.6. The summed E-state index contributed by atoms with van der Waals surface area (Å²) in [5.74, 6) is -0.254. The number of aromatic hydroxyl groups is 1. The molecule has 2 aromatic rings. The molecule has 0 aliphatic carbocycles. The molecule has 180 valence electrons. The maximum atomic E-state index is 13.4. The van der Waals surface area contributed by atoms with Gasteiger partial charge in [-0.1, -0.05) is 47.6 Å². The van der Waals surface area contributed by atoms with Crippen LogP contribution in [-0.2, 0) is 22.2 Å². The monoisotopic (exact) mass is 462 g/mol. The van der Waals surface area contributed by atoms with Gasteiger partial charge in [0.15, 0.2) is 5.78 Å². The first-order chi connectivity index (χ1) is 15.6. The van der Waals surface area contributed by atoms with E-state index in [-0.39, 0.29) is 34.7 Å². The van der Waals surface area contributed by atoms with Gasteiger partial charge >= 0.3 is 0 Å². The number of carbonyl (C=O) groups is 2. The largest absolute Gasteiger partial charge is 0.507 e. The van der Waals surface area contributed by atoms with Gasteiger partial charge in [-0.25, -0.2) is 4.98 Å². The average molecular weight is 463 g/mol. The first kappa shape index (κ1) is 25.1. The molecule has 0 spiro atoms. The maximum absolute atomic E-state index is 13.4. The van der Waals surface area contributed by atoms with Crippen molar-refractivity contribution in [3.8, 4) is 5.75 Å². The molecule has 7 heteroatoms. The van der Waals surface area contributed by atoms with Crippen molar-refractivity contribution in [2.75, 3.05) is 6.54 Å². The number of ketones is 1. The highest BCUT2D eigenvalue weighted by molar-refractivity contribution is 6.04. The molecule has 0 bridgehead atoms. The Kier molecular flexibility index (Phi) is 6.44. The molecular weight excluding hydrogens is 428 g/mol.